The van der Waals surface area contributed by atoms with Gasteiger partial charge in [-0.25, -0.2) is 0 Å². The highest BCUT2D eigenvalue weighted by Gasteiger charge is 2.29. The van der Waals surface area contributed by atoms with E-state index in [0.29, 0.717) is 0 Å². The molecule has 0 rings (SSSR count). The first-order chi connectivity index (χ1) is 17.1. The Hall–Kier alpha value is -0.240. The number of hydrogen-bond acceptors (Lipinski definition) is 6. The molecule has 0 N–H and O–H groups in total. The van der Waals surface area contributed by atoms with Crippen LogP contribution in [0.25, 0.3) is 0 Å². The molecule has 0 aromatic rings. The molecule has 0 aromatic heterocycles. The molecule has 35 heavy (non-hydrogen) atoms. The van der Waals surface area contributed by atoms with Crippen LogP contribution in [0.4, 0.5) is 0 Å². The zero-order valence-corrected chi connectivity index (χ0v) is 24.3. The molecular formula is C29H60O6. The van der Waals surface area contributed by atoms with Gasteiger partial charge in [-0.05, 0) is 12.8 Å². The van der Waals surface area contributed by atoms with Crippen LogP contribution in [0.5, 0.6) is 0 Å². The third kappa shape index (κ3) is 17.8. The summed E-state index contributed by atoms with van der Waals surface area (Å²) in [6.45, 7) is 0. The molecule has 0 saturated carbocycles. The molecule has 0 heterocycles. The number of rotatable bonds is 28. The van der Waals surface area contributed by atoms with Crippen molar-refractivity contribution in [3.05, 3.63) is 0 Å². The summed E-state index contributed by atoms with van der Waals surface area (Å²) in [6, 6.07) is 0. The van der Waals surface area contributed by atoms with Crippen molar-refractivity contribution in [2.24, 2.45) is 0 Å². The van der Waals surface area contributed by atoms with Gasteiger partial charge in [-0.3, -0.25) is 0 Å². The smallest absolute Gasteiger partial charge is 0.282 e. The van der Waals surface area contributed by atoms with Gasteiger partial charge in [0.25, 0.3) is 11.9 Å². The van der Waals surface area contributed by atoms with Crippen molar-refractivity contribution in [3.63, 3.8) is 0 Å². The third-order valence-electron chi connectivity index (χ3n) is 7.33. The van der Waals surface area contributed by atoms with Crippen LogP contribution in [0.1, 0.15) is 135 Å². The van der Waals surface area contributed by atoms with Gasteiger partial charge < -0.3 is 28.4 Å². The quantitative estimate of drug-likeness (QED) is 0.0788. The molecule has 0 aromatic carbocycles. The highest BCUT2D eigenvalue weighted by atomic mass is 16.9. The summed E-state index contributed by atoms with van der Waals surface area (Å²) in [6.07, 6.45) is 26.8. The van der Waals surface area contributed by atoms with E-state index in [1.54, 1.807) is 42.7 Å². The van der Waals surface area contributed by atoms with E-state index < -0.39 is 11.9 Å². The molecule has 0 aliphatic heterocycles. The highest BCUT2D eigenvalue weighted by molar-refractivity contribution is 4.58. The van der Waals surface area contributed by atoms with E-state index in [1.165, 1.54) is 109 Å². The molecule has 0 aliphatic rings. The summed E-state index contributed by atoms with van der Waals surface area (Å²) in [5.41, 5.74) is 0. The fourth-order valence-electron chi connectivity index (χ4n) is 4.80. The molecule has 212 valence electrons. The van der Waals surface area contributed by atoms with E-state index in [-0.39, 0.29) is 0 Å². The summed E-state index contributed by atoms with van der Waals surface area (Å²) < 4.78 is 32.0. The Bertz CT molecular complexity index is 369. The van der Waals surface area contributed by atoms with Gasteiger partial charge in [-0.1, -0.05) is 109 Å². The van der Waals surface area contributed by atoms with Crippen LogP contribution in [0.2, 0.25) is 0 Å². The summed E-state index contributed by atoms with van der Waals surface area (Å²) in [4.78, 5) is 0. The molecule has 0 bridgehead atoms. The predicted molar refractivity (Wildman–Crippen MR) is 144 cm³/mol. The first-order valence-corrected chi connectivity index (χ1v) is 14.4. The van der Waals surface area contributed by atoms with Gasteiger partial charge >= 0.3 is 0 Å². The van der Waals surface area contributed by atoms with Crippen LogP contribution >= 0.6 is 0 Å². The summed E-state index contributed by atoms with van der Waals surface area (Å²) in [5.74, 6) is -1.71. The summed E-state index contributed by atoms with van der Waals surface area (Å²) in [7, 11) is 9.82. The maximum atomic E-state index is 5.34. The Labute approximate surface area is 218 Å². The molecule has 0 atom stereocenters. The van der Waals surface area contributed by atoms with Crippen LogP contribution in [0, 0.1) is 0 Å². The van der Waals surface area contributed by atoms with E-state index >= 15 is 0 Å². The third-order valence-corrected chi connectivity index (χ3v) is 7.33. The summed E-state index contributed by atoms with van der Waals surface area (Å²) in [5, 5.41) is 0. The molecule has 0 unspecified atom stereocenters. The molecule has 0 aliphatic carbocycles. The molecule has 0 fully saturated rings. The van der Waals surface area contributed by atoms with Gasteiger partial charge in [0, 0.05) is 55.5 Å². The van der Waals surface area contributed by atoms with Crippen LogP contribution in [0.15, 0.2) is 0 Å². The van der Waals surface area contributed by atoms with Crippen molar-refractivity contribution in [1.82, 2.24) is 0 Å². The van der Waals surface area contributed by atoms with Gasteiger partial charge in [-0.2, -0.15) is 0 Å². The van der Waals surface area contributed by atoms with E-state index in [9.17, 15) is 0 Å². The summed E-state index contributed by atoms with van der Waals surface area (Å²) >= 11 is 0. The Morgan fingerprint density at radius 2 is 0.400 bits per heavy atom. The molecule has 6 nitrogen and oxygen atoms in total. The molecule has 0 amide bonds. The normalized spacial score (nSPS) is 12.5. The zero-order chi connectivity index (χ0) is 26.1. The van der Waals surface area contributed by atoms with Crippen molar-refractivity contribution in [3.8, 4) is 0 Å². The maximum Gasteiger partial charge on any atom is 0.282 e. The molecule has 6 heteroatoms. The Morgan fingerprint density at radius 1 is 0.257 bits per heavy atom. The maximum absolute atomic E-state index is 5.34. The standard InChI is InChI=1S/C29H60O6/c1-30-28(31-2,32-3)26-24-22-20-18-16-14-12-10-8-7-9-11-13-15-17-19-21-23-25-27-29(33-4,34-5)35-6/h7-27H2,1-6H3. The van der Waals surface area contributed by atoms with Crippen molar-refractivity contribution < 1.29 is 28.4 Å². The van der Waals surface area contributed by atoms with Crippen LogP contribution < -0.4 is 0 Å². The van der Waals surface area contributed by atoms with Gasteiger partial charge in [0.1, 0.15) is 0 Å². The Balaban J connectivity index is 3.29. The van der Waals surface area contributed by atoms with Gasteiger partial charge in [0.2, 0.25) is 0 Å². The minimum absolute atomic E-state index is 0.789. The lowest BCUT2D eigenvalue weighted by Crippen LogP contribution is -2.35. The lowest BCUT2D eigenvalue weighted by Gasteiger charge is -2.28. The number of hydrogen-bond donors (Lipinski definition) is 0. The second-order valence-corrected chi connectivity index (χ2v) is 9.81. The number of unbranched alkanes of at least 4 members (excludes halogenated alkanes) is 18. The fourth-order valence-corrected chi connectivity index (χ4v) is 4.80. The monoisotopic (exact) mass is 504 g/mol. The average molecular weight is 505 g/mol. The fraction of sp³-hybridized carbons (Fsp3) is 1.00. The Kier molecular flexibility index (Phi) is 24.0. The Morgan fingerprint density at radius 3 is 0.543 bits per heavy atom. The van der Waals surface area contributed by atoms with Crippen LogP contribution in [-0.2, 0) is 28.4 Å². The van der Waals surface area contributed by atoms with Crippen molar-refractivity contribution in [2.45, 2.75) is 147 Å². The van der Waals surface area contributed by atoms with E-state index in [1.807, 2.05) is 0 Å². The van der Waals surface area contributed by atoms with E-state index in [2.05, 4.69) is 0 Å². The first-order valence-electron chi connectivity index (χ1n) is 14.4. The second-order valence-electron chi connectivity index (χ2n) is 9.81. The largest absolute Gasteiger partial charge is 0.331 e. The molecule has 0 saturated heterocycles. The number of ether oxygens (including phenoxy) is 6. The van der Waals surface area contributed by atoms with Crippen molar-refractivity contribution in [2.75, 3.05) is 42.7 Å². The van der Waals surface area contributed by atoms with Crippen LogP contribution in [0.3, 0.4) is 0 Å². The second kappa shape index (κ2) is 24.1. The molecule has 0 radical (unpaired) electrons. The minimum atomic E-state index is -0.853. The van der Waals surface area contributed by atoms with Crippen molar-refractivity contribution in [1.29, 1.82) is 0 Å². The topological polar surface area (TPSA) is 55.4 Å². The zero-order valence-electron chi connectivity index (χ0n) is 24.3. The SMILES string of the molecule is COC(CCCCCCCCCCCCCCCCCCCCCC(OC)(OC)OC)(OC)OC. The van der Waals surface area contributed by atoms with Crippen LogP contribution in [-0.4, -0.2) is 54.6 Å². The molecule has 0 spiro atoms. The van der Waals surface area contributed by atoms with Gasteiger partial charge in [0.15, 0.2) is 0 Å². The van der Waals surface area contributed by atoms with Crippen molar-refractivity contribution >= 4 is 0 Å². The van der Waals surface area contributed by atoms with E-state index in [4.69, 9.17) is 28.4 Å². The van der Waals surface area contributed by atoms with Gasteiger partial charge in [-0.15, -0.1) is 0 Å². The lowest BCUT2D eigenvalue weighted by atomic mass is 10.0. The minimum Gasteiger partial charge on any atom is -0.331 e. The lowest BCUT2D eigenvalue weighted by molar-refractivity contribution is -0.355. The predicted octanol–water partition coefficient (Wildman–Crippen LogP) is 8.36. The number of methoxy groups -OCH3 is 6. The highest BCUT2D eigenvalue weighted by Crippen LogP contribution is 2.23. The van der Waals surface area contributed by atoms with E-state index in [0.717, 1.165) is 25.7 Å². The van der Waals surface area contributed by atoms with Gasteiger partial charge in [0.05, 0.1) is 0 Å². The molecular weight excluding hydrogens is 444 g/mol. The first kappa shape index (κ1) is 34.8. The average Bonchev–Trinajstić information content (AvgIpc) is 2.90.